The third kappa shape index (κ3) is 3.33. The van der Waals surface area contributed by atoms with E-state index in [0.29, 0.717) is 0 Å². The molecule has 0 aliphatic carbocycles. The number of β-amino-alcohol motifs (C(OH)–C–C–N with tert-alkyl or cyclic N) is 1. The second-order valence-electron chi connectivity index (χ2n) is 4.79. The topological polar surface area (TPSA) is 23.5 Å². The van der Waals surface area contributed by atoms with Crippen LogP contribution in [-0.4, -0.2) is 35.2 Å². The Morgan fingerprint density at radius 2 is 2.00 bits per heavy atom. The molecule has 1 aliphatic rings. The average Bonchev–Trinajstić information content (AvgIpc) is 2.28. The van der Waals surface area contributed by atoms with E-state index >= 15 is 0 Å². The largest absolute Gasteiger partial charge is 0.387 e. The Morgan fingerprint density at radius 1 is 1.29 bits per heavy atom. The second kappa shape index (κ2) is 5.35. The van der Waals surface area contributed by atoms with Crippen LogP contribution in [0.25, 0.3) is 0 Å². The van der Waals surface area contributed by atoms with Crippen molar-refractivity contribution in [1.29, 1.82) is 0 Å². The number of hydrogen-bond donors (Lipinski definition) is 1. The molecule has 0 atom stereocenters. The highest BCUT2D eigenvalue weighted by Crippen LogP contribution is 2.24. The first kappa shape index (κ1) is 12.2. The lowest BCUT2D eigenvalue weighted by molar-refractivity contribution is -0.0969. The minimum Gasteiger partial charge on any atom is -0.387 e. The zero-order valence-corrected chi connectivity index (χ0v) is 10.3. The van der Waals surface area contributed by atoms with Crippen molar-refractivity contribution < 1.29 is 5.11 Å². The summed E-state index contributed by atoms with van der Waals surface area (Å²) in [7, 11) is 0. The molecule has 0 bridgehead atoms. The van der Waals surface area contributed by atoms with Gasteiger partial charge in [0.2, 0.25) is 0 Å². The van der Waals surface area contributed by atoms with E-state index in [1.165, 1.54) is 0 Å². The van der Waals surface area contributed by atoms with Gasteiger partial charge in [-0.2, -0.15) is 0 Å². The minimum absolute atomic E-state index is 0.441. The summed E-state index contributed by atoms with van der Waals surface area (Å²) in [6.07, 6.45) is 1.94. The molecule has 1 heterocycles. The van der Waals surface area contributed by atoms with Gasteiger partial charge in [-0.15, -0.1) is 0 Å². The van der Waals surface area contributed by atoms with Gasteiger partial charge in [-0.05, 0) is 18.6 Å². The molecule has 0 spiro atoms. The SMILES string of the molecule is CCCC1(O)CN(CC#Cc2ccccc2)C1. The lowest BCUT2D eigenvalue weighted by Crippen LogP contribution is -2.61. The van der Waals surface area contributed by atoms with Crippen molar-refractivity contribution in [3.63, 3.8) is 0 Å². The molecule has 1 fully saturated rings. The predicted molar refractivity (Wildman–Crippen MR) is 69.6 cm³/mol. The molecule has 0 unspecified atom stereocenters. The van der Waals surface area contributed by atoms with Crippen LogP contribution in [0, 0.1) is 11.8 Å². The minimum atomic E-state index is -0.441. The van der Waals surface area contributed by atoms with E-state index in [0.717, 1.165) is 38.0 Å². The highest BCUT2D eigenvalue weighted by molar-refractivity contribution is 5.33. The van der Waals surface area contributed by atoms with Crippen LogP contribution in [0.15, 0.2) is 30.3 Å². The molecule has 1 N–H and O–H groups in total. The molecule has 1 aromatic carbocycles. The number of aliphatic hydroxyl groups is 1. The Bertz CT molecular complexity index is 410. The molecule has 2 rings (SSSR count). The smallest absolute Gasteiger partial charge is 0.0900 e. The second-order valence-corrected chi connectivity index (χ2v) is 4.79. The van der Waals surface area contributed by atoms with Crippen molar-refractivity contribution in [3.05, 3.63) is 35.9 Å². The summed E-state index contributed by atoms with van der Waals surface area (Å²) in [6, 6.07) is 10.00. The van der Waals surface area contributed by atoms with Crippen molar-refractivity contribution in [2.24, 2.45) is 0 Å². The van der Waals surface area contributed by atoms with Gasteiger partial charge in [0.25, 0.3) is 0 Å². The number of hydrogen-bond acceptors (Lipinski definition) is 2. The zero-order chi connectivity index (χ0) is 12.1. The zero-order valence-electron chi connectivity index (χ0n) is 10.3. The summed E-state index contributed by atoms with van der Waals surface area (Å²) in [5.41, 5.74) is 0.611. The first-order chi connectivity index (χ1) is 8.22. The molecule has 2 nitrogen and oxygen atoms in total. The number of likely N-dealkylation sites (tertiary alicyclic amines) is 1. The van der Waals surface area contributed by atoms with Gasteiger partial charge in [-0.25, -0.2) is 0 Å². The fourth-order valence-corrected chi connectivity index (χ4v) is 2.30. The maximum atomic E-state index is 10.0. The van der Waals surface area contributed by atoms with Crippen molar-refractivity contribution >= 4 is 0 Å². The van der Waals surface area contributed by atoms with Gasteiger partial charge in [0.1, 0.15) is 0 Å². The quantitative estimate of drug-likeness (QED) is 0.800. The molecule has 1 aromatic rings. The predicted octanol–water partition coefficient (Wildman–Crippen LogP) is 1.88. The molecule has 0 radical (unpaired) electrons. The number of nitrogens with zero attached hydrogens (tertiary/aromatic N) is 1. The van der Waals surface area contributed by atoms with Gasteiger partial charge in [0.05, 0.1) is 12.1 Å². The Kier molecular flexibility index (Phi) is 3.83. The third-order valence-corrected chi connectivity index (χ3v) is 3.06. The standard InChI is InChI=1S/C15H19NO/c1-2-10-15(17)12-16(13-15)11-6-9-14-7-4-3-5-8-14/h3-5,7-8,17H,2,10-13H2,1H3. The Labute approximate surface area is 103 Å². The van der Waals surface area contributed by atoms with Crippen LogP contribution in [0.4, 0.5) is 0 Å². The van der Waals surface area contributed by atoms with E-state index in [4.69, 9.17) is 0 Å². The summed E-state index contributed by atoms with van der Waals surface area (Å²) >= 11 is 0. The van der Waals surface area contributed by atoms with Crippen LogP contribution in [0.5, 0.6) is 0 Å². The van der Waals surface area contributed by atoms with E-state index in [9.17, 15) is 5.11 Å². The van der Waals surface area contributed by atoms with Crippen LogP contribution in [0.2, 0.25) is 0 Å². The Balaban J connectivity index is 1.77. The lowest BCUT2D eigenvalue weighted by Gasteiger charge is -2.45. The summed E-state index contributed by atoms with van der Waals surface area (Å²) in [4.78, 5) is 2.19. The van der Waals surface area contributed by atoms with E-state index in [1.807, 2.05) is 30.3 Å². The van der Waals surface area contributed by atoms with Gasteiger partial charge >= 0.3 is 0 Å². The molecule has 0 aromatic heterocycles. The molecule has 0 amide bonds. The average molecular weight is 229 g/mol. The molecular formula is C15H19NO. The van der Waals surface area contributed by atoms with Crippen molar-refractivity contribution in [2.75, 3.05) is 19.6 Å². The highest BCUT2D eigenvalue weighted by atomic mass is 16.3. The van der Waals surface area contributed by atoms with E-state index in [2.05, 4.69) is 23.7 Å². The Morgan fingerprint density at radius 3 is 2.65 bits per heavy atom. The molecule has 90 valence electrons. The van der Waals surface area contributed by atoms with Gasteiger partial charge in [-0.3, -0.25) is 4.90 Å². The first-order valence-corrected chi connectivity index (χ1v) is 6.20. The van der Waals surface area contributed by atoms with Crippen molar-refractivity contribution in [3.8, 4) is 11.8 Å². The number of benzene rings is 1. The normalized spacial score (nSPS) is 18.0. The summed E-state index contributed by atoms with van der Waals surface area (Å²) < 4.78 is 0. The summed E-state index contributed by atoms with van der Waals surface area (Å²) in [5, 5.41) is 10.0. The molecular weight excluding hydrogens is 210 g/mol. The van der Waals surface area contributed by atoms with Crippen molar-refractivity contribution in [1.82, 2.24) is 4.90 Å². The third-order valence-electron chi connectivity index (χ3n) is 3.06. The van der Waals surface area contributed by atoms with Gasteiger partial charge < -0.3 is 5.11 Å². The maximum absolute atomic E-state index is 10.0. The van der Waals surface area contributed by atoms with Crippen LogP contribution in [-0.2, 0) is 0 Å². The first-order valence-electron chi connectivity index (χ1n) is 6.20. The molecule has 1 saturated heterocycles. The van der Waals surface area contributed by atoms with Crippen LogP contribution in [0.1, 0.15) is 25.3 Å². The van der Waals surface area contributed by atoms with Crippen LogP contribution >= 0.6 is 0 Å². The van der Waals surface area contributed by atoms with Gasteiger partial charge in [0.15, 0.2) is 0 Å². The lowest BCUT2D eigenvalue weighted by atomic mass is 9.89. The molecule has 0 saturated carbocycles. The van der Waals surface area contributed by atoms with E-state index in [-0.39, 0.29) is 0 Å². The molecule has 2 heteroatoms. The highest BCUT2D eigenvalue weighted by Gasteiger charge is 2.39. The van der Waals surface area contributed by atoms with Gasteiger partial charge in [-0.1, -0.05) is 43.4 Å². The fourth-order valence-electron chi connectivity index (χ4n) is 2.30. The fraction of sp³-hybridized carbons (Fsp3) is 0.467. The van der Waals surface area contributed by atoms with E-state index < -0.39 is 5.60 Å². The maximum Gasteiger partial charge on any atom is 0.0900 e. The molecule has 1 aliphatic heterocycles. The van der Waals surface area contributed by atoms with Gasteiger partial charge in [0, 0.05) is 18.7 Å². The number of rotatable bonds is 3. The molecule has 17 heavy (non-hydrogen) atoms. The Hall–Kier alpha value is -1.30. The van der Waals surface area contributed by atoms with E-state index in [1.54, 1.807) is 0 Å². The van der Waals surface area contributed by atoms with Crippen LogP contribution in [0.3, 0.4) is 0 Å². The van der Waals surface area contributed by atoms with Crippen molar-refractivity contribution in [2.45, 2.75) is 25.4 Å². The van der Waals surface area contributed by atoms with Crippen LogP contribution < -0.4 is 0 Å². The monoisotopic (exact) mass is 229 g/mol. The summed E-state index contributed by atoms with van der Waals surface area (Å²) in [6.45, 7) is 4.39. The summed E-state index contributed by atoms with van der Waals surface area (Å²) in [5.74, 6) is 6.28.